The van der Waals surface area contributed by atoms with E-state index < -0.39 is 0 Å². The van der Waals surface area contributed by atoms with Crippen molar-refractivity contribution in [1.29, 1.82) is 5.26 Å². The van der Waals surface area contributed by atoms with Crippen molar-refractivity contribution in [2.45, 2.75) is 18.8 Å². The summed E-state index contributed by atoms with van der Waals surface area (Å²) >= 11 is 6.23. The molecule has 2 aromatic heterocycles. The maximum Gasteiger partial charge on any atom is 0.128 e. The number of nitriles is 1. The van der Waals surface area contributed by atoms with Gasteiger partial charge in [-0.25, -0.2) is 4.98 Å². The number of para-hydroxylation sites is 1. The van der Waals surface area contributed by atoms with E-state index in [1.165, 1.54) is 0 Å². The highest BCUT2D eigenvalue weighted by Crippen LogP contribution is 2.27. The molecule has 0 spiro atoms. The van der Waals surface area contributed by atoms with Crippen LogP contribution < -0.4 is 0 Å². The van der Waals surface area contributed by atoms with Gasteiger partial charge in [0.25, 0.3) is 0 Å². The highest BCUT2D eigenvalue weighted by atomic mass is 35.5. The Hall–Kier alpha value is -2.25. The quantitative estimate of drug-likeness (QED) is 0.687. The fourth-order valence-corrected chi connectivity index (χ4v) is 2.46. The number of hydrogen-bond donors (Lipinski definition) is 0. The monoisotopic (exact) mass is 285 g/mol. The number of rotatable bonds is 3. The van der Waals surface area contributed by atoms with Gasteiger partial charge in [-0.15, -0.1) is 11.6 Å². The van der Waals surface area contributed by atoms with Crippen molar-refractivity contribution in [2.75, 3.05) is 0 Å². The first kappa shape index (κ1) is 12.8. The molecule has 0 aliphatic rings. The first-order chi connectivity index (χ1) is 9.70. The summed E-state index contributed by atoms with van der Waals surface area (Å²) in [5.41, 5.74) is 3.20. The van der Waals surface area contributed by atoms with Gasteiger partial charge in [-0.05, 0) is 25.1 Å². The van der Waals surface area contributed by atoms with Crippen molar-refractivity contribution in [1.82, 2.24) is 9.55 Å². The normalized spacial score (nSPS) is 12.4. The van der Waals surface area contributed by atoms with Gasteiger partial charge in [0.2, 0.25) is 0 Å². The Morgan fingerprint density at radius 1 is 1.45 bits per heavy atom. The van der Waals surface area contributed by atoms with E-state index in [1.807, 2.05) is 29.7 Å². The molecule has 0 saturated carbocycles. The maximum atomic E-state index is 9.18. The highest BCUT2D eigenvalue weighted by Gasteiger charge is 2.17. The van der Waals surface area contributed by atoms with Gasteiger partial charge >= 0.3 is 0 Å². The summed E-state index contributed by atoms with van der Waals surface area (Å²) in [7, 11) is 0. The number of nitrogens with zero attached hydrogens (tertiary/aromatic N) is 3. The van der Waals surface area contributed by atoms with Crippen LogP contribution in [0.1, 0.15) is 29.3 Å². The van der Waals surface area contributed by atoms with Gasteiger partial charge in [0, 0.05) is 5.56 Å². The summed E-state index contributed by atoms with van der Waals surface area (Å²) < 4.78 is 7.13. The first-order valence-electron chi connectivity index (χ1n) is 6.25. The molecule has 0 N–H and O–H groups in total. The van der Waals surface area contributed by atoms with Crippen LogP contribution in [0.3, 0.4) is 0 Å². The molecule has 5 heteroatoms. The molecule has 0 aliphatic carbocycles. The molecule has 4 nitrogen and oxygen atoms in total. The number of alkyl halides is 1. The van der Waals surface area contributed by atoms with E-state index in [9.17, 15) is 5.26 Å². The lowest BCUT2D eigenvalue weighted by Crippen LogP contribution is -2.05. The molecule has 0 fully saturated rings. The van der Waals surface area contributed by atoms with Gasteiger partial charge in [0.05, 0.1) is 35.5 Å². The van der Waals surface area contributed by atoms with E-state index in [-0.39, 0.29) is 5.38 Å². The predicted molar refractivity (Wildman–Crippen MR) is 76.5 cm³/mol. The summed E-state index contributed by atoms with van der Waals surface area (Å²) in [5, 5.41) is 8.95. The van der Waals surface area contributed by atoms with Gasteiger partial charge in [-0.2, -0.15) is 5.26 Å². The van der Waals surface area contributed by atoms with Crippen LogP contribution in [-0.4, -0.2) is 9.55 Å². The molecule has 0 bridgehead atoms. The molecule has 100 valence electrons. The Balaban J connectivity index is 2.22. The zero-order valence-corrected chi connectivity index (χ0v) is 11.6. The molecular formula is C15H12ClN3O. The third-order valence-electron chi connectivity index (χ3n) is 3.21. The van der Waals surface area contributed by atoms with E-state index in [0.717, 1.165) is 16.9 Å². The summed E-state index contributed by atoms with van der Waals surface area (Å²) in [6, 6.07) is 9.65. The molecule has 0 amide bonds. The van der Waals surface area contributed by atoms with Crippen molar-refractivity contribution in [3.8, 4) is 6.07 Å². The van der Waals surface area contributed by atoms with E-state index in [1.54, 1.807) is 18.6 Å². The second kappa shape index (κ2) is 5.03. The summed E-state index contributed by atoms with van der Waals surface area (Å²) in [6.07, 6.45) is 3.33. The fourth-order valence-electron chi connectivity index (χ4n) is 2.29. The third kappa shape index (κ3) is 2.06. The SMILES string of the molecule is CC(Cl)c1nc2c(C#N)cccc2n1Cc1ccoc1. The molecular weight excluding hydrogens is 274 g/mol. The van der Waals surface area contributed by atoms with Crippen molar-refractivity contribution < 1.29 is 4.42 Å². The van der Waals surface area contributed by atoms with Gasteiger partial charge < -0.3 is 8.98 Å². The number of halogens is 1. The molecule has 0 radical (unpaired) electrons. The van der Waals surface area contributed by atoms with Crippen LogP contribution in [0.5, 0.6) is 0 Å². The van der Waals surface area contributed by atoms with Gasteiger partial charge in [0.15, 0.2) is 0 Å². The lowest BCUT2D eigenvalue weighted by atomic mass is 10.2. The van der Waals surface area contributed by atoms with Crippen molar-refractivity contribution >= 4 is 22.6 Å². The molecule has 3 rings (SSSR count). The average molecular weight is 286 g/mol. The van der Waals surface area contributed by atoms with Gasteiger partial charge in [-0.3, -0.25) is 0 Å². The predicted octanol–water partition coefficient (Wildman–Crippen LogP) is 3.85. The van der Waals surface area contributed by atoms with Crippen LogP contribution in [-0.2, 0) is 6.54 Å². The second-order valence-electron chi connectivity index (χ2n) is 4.59. The zero-order valence-electron chi connectivity index (χ0n) is 10.9. The Kier molecular flexibility index (Phi) is 3.21. The minimum Gasteiger partial charge on any atom is -0.472 e. The second-order valence-corrected chi connectivity index (χ2v) is 5.24. The Labute approximate surface area is 121 Å². The maximum absolute atomic E-state index is 9.18. The standard InChI is InChI=1S/C15H12ClN3O/c1-10(16)15-18-14-12(7-17)3-2-4-13(14)19(15)8-11-5-6-20-9-11/h2-6,9-10H,8H2,1H3. The van der Waals surface area contributed by atoms with E-state index in [0.29, 0.717) is 17.6 Å². The molecule has 3 aromatic rings. The smallest absolute Gasteiger partial charge is 0.128 e. The van der Waals surface area contributed by atoms with Crippen LogP contribution in [0.15, 0.2) is 41.2 Å². The lowest BCUT2D eigenvalue weighted by Gasteiger charge is -2.09. The Morgan fingerprint density at radius 2 is 2.30 bits per heavy atom. The van der Waals surface area contributed by atoms with Crippen LogP contribution in [0, 0.1) is 11.3 Å². The van der Waals surface area contributed by atoms with E-state index in [4.69, 9.17) is 16.0 Å². The molecule has 20 heavy (non-hydrogen) atoms. The number of benzene rings is 1. The number of aromatic nitrogens is 2. The van der Waals surface area contributed by atoms with Crippen LogP contribution in [0.4, 0.5) is 0 Å². The van der Waals surface area contributed by atoms with Crippen LogP contribution in [0.2, 0.25) is 0 Å². The van der Waals surface area contributed by atoms with Crippen molar-refractivity contribution in [3.05, 3.63) is 53.7 Å². The van der Waals surface area contributed by atoms with Crippen molar-refractivity contribution in [3.63, 3.8) is 0 Å². The zero-order chi connectivity index (χ0) is 14.1. The summed E-state index contributed by atoms with van der Waals surface area (Å²) in [4.78, 5) is 4.54. The minimum absolute atomic E-state index is 0.235. The molecule has 1 unspecified atom stereocenters. The Bertz CT molecular complexity index is 781. The third-order valence-corrected chi connectivity index (χ3v) is 3.40. The highest BCUT2D eigenvalue weighted by molar-refractivity contribution is 6.20. The first-order valence-corrected chi connectivity index (χ1v) is 6.68. The molecule has 2 heterocycles. The number of hydrogen-bond acceptors (Lipinski definition) is 3. The van der Waals surface area contributed by atoms with Crippen LogP contribution in [0.25, 0.3) is 11.0 Å². The van der Waals surface area contributed by atoms with Crippen LogP contribution >= 0.6 is 11.6 Å². The number of fused-ring (bicyclic) bond motifs is 1. The molecule has 0 saturated heterocycles. The fraction of sp³-hybridized carbons (Fsp3) is 0.200. The summed E-state index contributed by atoms with van der Waals surface area (Å²) in [6.45, 7) is 2.50. The van der Waals surface area contributed by atoms with Gasteiger partial charge in [0.1, 0.15) is 17.4 Å². The average Bonchev–Trinajstić information content (AvgIpc) is 3.07. The van der Waals surface area contributed by atoms with Crippen molar-refractivity contribution in [2.24, 2.45) is 0 Å². The summed E-state index contributed by atoms with van der Waals surface area (Å²) in [5.74, 6) is 0.755. The van der Waals surface area contributed by atoms with E-state index in [2.05, 4.69) is 11.1 Å². The largest absolute Gasteiger partial charge is 0.472 e. The van der Waals surface area contributed by atoms with E-state index >= 15 is 0 Å². The minimum atomic E-state index is -0.235. The van der Waals surface area contributed by atoms with Gasteiger partial charge in [-0.1, -0.05) is 6.07 Å². The number of imidazole rings is 1. The topological polar surface area (TPSA) is 54.8 Å². The molecule has 0 aliphatic heterocycles. The number of furan rings is 1. The molecule has 1 aromatic carbocycles. The Morgan fingerprint density at radius 3 is 2.95 bits per heavy atom. The molecule has 1 atom stereocenters. The lowest BCUT2D eigenvalue weighted by molar-refractivity contribution is 0.562.